The Morgan fingerprint density at radius 3 is 2.35 bits per heavy atom. The van der Waals surface area contributed by atoms with E-state index in [4.69, 9.17) is 5.73 Å². The van der Waals surface area contributed by atoms with Gasteiger partial charge in [0.2, 0.25) is 0 Å². The predicted octanol–water partition coefficient (Wildman–Crippen LogP) is 4.45. The van der Waals surface area contributed by atoms with Crippen LogP contribution < -0.4 is 5.73 Å². The molecule has 0 heterocycles. The minimum atomic E-state index is -0.397. The molecule has 0 radical (unpaired) electrons. The van der Waals surface area contributed by atoms with E-state index in [1.165, 1.54) is 30.9 Å². The topological polar surface area (TPSA) is 26.0 Å². The SMILES string of the molecule is Cc1ccc(C(N)c2ccc(C3CCC3)cc2)c(F)c1. The lowest BCUT2D eigenvalue weighted by Crippen LogP contribution is -2.14. The Hall–Kier alpha value is -1.67. The molecule has 2 aromatic carbocycles. The third-order valence-corrected chi connectivity index (χ3v) is 4.36. The molecular formula is C18H20FN. The molecule has 2 aromatic rings. The van der Waals surface area contributed by atoms with Crippen molar-refractivity contribution >= 4 is 0 Å². The molecule has 1 saturated carbocycles. The number of hydrogen-bond acceptors (Lipinski definition) is 1. The largest absolute Gasteiger partial charge is 0.320 e. The molecule has 1 fully saturated rings. The summed E-state index contributed by atoms with van der Waals surface area (Å²) < 4.78 is 14.0. The van der Waals surface area contributed by atoms with Crippen molar-refractivity contribution in [2.24, 2.45) is 5.73 Å². The summed E-state index contributed by atoms with van der Waals surface area (Å²) in [7, 11) is 0. The molecule has 0 aromatic heterocycles. The molecule has 3 rings (SSSR count). The second-order valence-corrected chi connectivity index (χ2v) is 5.80. The van der Waals surface area contributed by atoms with Crippen LogP contribution in [-0.4, -0.2) is 0 Å². The van der Waals surface area contributed by atoms with E-state index in [1.54, 1.807) is 6.07 Å². The van der Waals surface area contributed by atoms with Gasteiger partial charge in [0.15, 0.2) is 0 Å². The average Bonchev–Trinajstić information content (AvgIpc) is 2.37. The molecule has 0 spiro atoms. The van der Waals surface area contributed by atoms with Crippen molar-refractivity contribution in [3.8, 4) is 0 Å². The normalized spacial score (nSPS) is 16.8. The van der Waals surface area contributed by atoms with Gasteiger partial charge in [-0.2, -0.15) is 0 Å². The van der Waals surface area contributed by atoms with Gasteiger partial charge < -0.3 is 5.73 Å². The van der Waals surface area contributed by atoms with E-state index in [0.29, 0.717) is 5.56 Å². The Bertz CT molecular complexity index is 599. The van der Waals surface area contributed by atoms with Crippen LogP contribution in [0.25, 0.3) is 0 Å². The number of halogens is 1. The fourth-order valence-corrected chi connectivity index (χ4v) is 2.78. The van der Waals surface area contributed by atoms with E-state index >= 15 is 0 Å². The van der Waals surface area contributed by atoms with Crippen molar-refractivity contribution < 1.29 is 4.39 Å². The summed E-state index contributed by atoms with van der Waals surface area (Å²) in [6.07, 6.45) is 3.91. The number of hydrogen-bond donors (Lipinski definition) is 1. The fourth-order valence-electron chi connectivity index (χ4n) is 2.78. The van der Waals surface area contributed by atoms with Gasteiger partial charge in [0.1, 0.15) is 5.82 Å². The first-order valence-corrected chi connectivity index (χ1v) is 7.26. The van der Waals surface area contributed by atoms with Gasteiger partial charge in [0.25, 0.3) is 0 Å². The zero-order chi connectivity index (χ0) is 14.1. The highest BCUT2D eigenvalue weighted by molar-refractivity contribution is 5.36. The average molecular weight is 269 g/mol. The monoisotopic (exact) mass is 269 g/mol. The first-order chi connectivity index (χ1) is 9.65. The highest BCUT2D eigenvalue weighted by atomic mass is 19.1. The molecule has 2 heteroatoms. The molecule has 0 saturated heterocycles. The summed E-state index contributed by atoms with van der Waals surface area (Å²) in [5.74, 6) is 0.497. The summed E-state index contributed by atoms with van der Waals surface area (Å²) in [6, 6.07) is 13.2. The first-order valence-electron chi connectivity index (χ1n) is 7.26. The predicted molar refractivity (Wildman–Crippen MR) is 80.2 cm³/mol. The van der Waals surface area contributed by atoms with E-state index in [0.717, 1.165) is 17.0 Å². The van der Waals surface area contributed by atoms with Crippen molar-refractivity contribution in [3.05, 3.63) is 70.5 Å². The van der Waals surface area contributed by atoms with Crippen LogP contribution in [0.3, 0.4) is 0 Å². The van der Waals surface area contributed by atoms with Crippen molar-refractivity contribution in [2.75, 3.05) is 0 Å². The number of rotatable bonds is 3. The quantitative estimate of drug-likeness (QED) is 0.875. The van der Waals surface area contributed by atoms with Crippen LogP contribution in [0.1, 0.15) is 53.5 Å². The summed E-state index contributed by atoms with van der Waals surface area (Å²) in [5, 5.41) is 0. The Kier molecular flexibility index (Phi) is 3.58. The highest BCUT2D eigenvalue weighted by Gasteiger charge is 2.20. The van der Waals surface area contributed by atoms with Gasteiger partial charge >= 0.3 is 0 Å². The van der Waals surface area contributed by atoms with Crippen LogP contribution in [-0.2, 0) is 0 Å². The molecule has 1 aliphatic carbocycles. The maximum absolute atomic E-state index is 14.0. The number of benzene rings is 2. The van der Waals surface area contributed by atoms with Crippen molar-refractivity contribution in [2.45, 2.75) is 38.1 Å². The van der Waals surface area contributed by atoms with Crippen molar-refractivity contribution in [1.29, 1.82) is 0 Å². The van der Waals surface area contributed by atoms with Gasteiger partial charge in [-0.25, -0.2) is 4.39 Å². The molecule has 0 aliphatic heterocycles. The summed E-state index contributed by atoms with van der Waals surface area (Å²) >= 11 is 0. The lowest BCUT2D eigenvalue weighted by molar-refractivity contribution is 0.419. The zero-order valence-electron chi connectivity index (χ0n) is 11.8. The van der Waals surface area contributed by atoms with Gasteiger partial charge in [-0.1, -0.05) is 42.8 Å². The first kappa shape index (κ1) is 13.3. The Morgan fingerprint density at radius 1 is 1.10 bits per heavy atom. The third kappa shape index (κ3) is 2.48. The lowest BCUT2D eigenvalue weighted by Gasteiger charge is -2.26. The molecular weight excluding hydrogens is 249 g/mol. The minimum Gasteiger partial charge on any atom is -0.320 e. The molecule has 0 bridgehead atoms. The van der Waals surface area contributed by atoms with Gasteiger partial charge in [0, 0.05) is 5.56 Å². The third-order valence-electron chi connectivity index (χ3n) is 4.36. The molecule has 1 unspecified atom stereocenters. The molecule has 1 nitrogen and oxygen atoms in total. The van der Waals surface area contributed by atoms with Crippen molar-refractivity contribution in [3.63, 3.8) is 0 Å². The molecule has 1 atom stereocenters. The van der Waals surface area contributed by atoms with Crippen LogP contribution in [0.5, 0.6) is 0 Å². The minimum absolute atomic E-state index is 0.222. The van der Waals surface area contributed by atoms with Crippen molar-refractivity contribution in [1.82, 2.24) is 0 Å². The van der Waals surface area contributed by atoms with E-state index in [9.17, 15) is 4.39 Å². The van der Waals surface area contributed by atoms with E-state index in [2.05, 4.69) is 12.1 Å². The van der Waals surface area contributed by atoms with Crippen LogP contribution in [0, 0.1) is 12.7 Å². The maximum atomic E-state index is 14.0. The van der Waals surface area contributed by atoms with Gasteiger partial charge in [-0.15, -0.1) is 0 Å². The highest BCUT2D eigenvalue weighted by Crippen LogP contribution is 2.36. The maximum Gasteiger partial charge on any atom is 0.128 e. The number of nitrogens with two attached hydrogens (primary N) is 1. The van der Waals surface area contributed by atoms with E-state index < -0.39 is 6.04 Å². The molecule has 20 heavy (non-hydrogen) atoms. The van der Waals surface area contributed by atoms with Gasteiger partial charge in [0.05, 0.1) is 6.04 Å². The second-order valence-electron chi connectivity index (χ2n) is 5.80. The zero-order valence-corrected chi connectivity index (χ0v) is 11.8. The summed E-state index contributed by atoms with van der Waals surface area (Å²) in [4.78, 5) is 0. The van der Waals surface area contributed by atoms with Crippen LogP contribution in [0.15, 0.2) is 42.5 Å². The van der Waals surface area contributed by atoms with E-state index in [-0.39, 0.29) is 5.82 Å². The fraction of sp³-hybridized carbons (Fsp3) is 0.333. The van der Waals surface area contributed by atoms with Gasteiger partial charge in [-0.05, 0) is 48.4 Å². The molecule has 0 amide bonds. The van der Waals surface area contributed by atoms with Crippen LogP contribution in [0.4, 0.5) is 4.39 Å². The van der Waals surface area contributed by atoms with E-state index in [1.807, 2.05) is 25.1 Å². The summed E-state index contributed by atoms with van der Waals surface area (Å²) in [6.45, 7) is 1.88. The Balaban J connectivity index is 1.84. The second kappa shape index (κ2) is 5.37. The Morgan fingerprint density at radius 2 is 1.80 bits per heavy atom. The standard InChI is InChI=1S/C18H20FN/c1-12-5-10-16(17(19)11-12)18(20)15-8-6-14(7-9-15)13-3-2-4-13/h5-11,13,18H,2-4,20H2,1H3. The smallest absolute Gasteiger partial charge is 0.128 e. The number of aryl methyl sites for hydroxylation is 1. The van der Waals surface area contributed by atoms with Crippen LogP contribution >= 0.6 is 0 Å². The van der Waals surface area contributed by atoms with Crippen LogP contribution in [0.2, 0.25) is 0 Å². The molecule has 1 aliphatic rings. The lowest BCUT2D eigenvalue weighted by atomic mass is 9.79. The molecule has 104 valence electrons. The summed E-state index contributed by atoms with van der Waals surface area (Å²) in [5.41, 5.74) is 10.0. The van der Waals surface area contributed by atoms with Gasteiger partial charge in [-0.3, -0.25) is 0 Å². The molecule has 2 N–H and O–H groups in total. The Labute approximate surface area is 119 Å².